The van der Waals surface area contributed by atoms with Crippen molar-refractivity contribution in [3.63, 3.8) is 0 Å². The number of methoxy groups -OCH3 is 1. The third-order valence-corrected chi connectivity index (χ3v) is 5.94. The van der Waals surface area contributed by atoms with Crippen LogP contribution in [0.3, 0.4) is 0 Å². The van der Waals surface area contributed by atoms with Gasteiger partial charge in [-0.05, 0) is 55.7 Å². The van der Waals surface area contributed by atoms with Crippen LogP contribution in [0.15, 0.2) is 42.5 Å². The van der Waals surface area contributed by atoms with Crippen molar-refractivity contribution in [1.29, 1.82) is 0 Å². The Morgan fingerprint density at radius 3 is 2.35 bits per heavy atom. The summed E-state index contributed by atoms with van der Waals surface area (Å²) in [6, 6.07) is 11.2. The van der Waals surface area contributed by atoms with E-state index in [1.165, 1.54) is 31.4 Å². The highest BCUT2D eigenvalue weighted by Crippen LogP contribution is 2.35. The predicted octanol–water partition coefficient (Wildman–Crippen LogP) is 5.10. The first kappa shape index (κ1) is 22.2. The van der Waals surface area contributed by atoms with E-state index in [2.05, 4.69) is 10.6 Å². The number of esters is 1. The minimum Gasteiger partial charge on any atom is -0.465 e. The van der Waals surface area contributed by atoms with Gasteiger partial charge in [-0.15, -0.1) is 11.3 Å². The molecular formula is C23H21FN2O4S. The molecule has 0 spiro atoms. The molecule has 0 aliphatic rings. The van der Waals surface area contributed by atoms with Crippen LogP contribution in [0.2, 0.25) is 0 Å². The summed E-state index contributed by atoms with van der Waals surface area (Å²) in [6.07, 6.45) is 0. The first-order valence-corrected chi connectivity index (χ1v) is 10.2. The van der Waals surface area contributed by atoms with Gasteiger partial charge in [-0.1, -0.05) is 24.3 Å². The minimum atomic E-state index is -0.731. The van der Waals surface area contributed by atoms with Gasteiger partial charge in [0.1, 0.15) is 10.8 Å². The van der Waals surface area contributed by atoms with E-state index in [0.717, 1.165) is 22.5 Å². The van der Waals surface area contributed by atoms with E-state index in [1.807, 2.05) is 32.0 Å². The fraction of sp³-hybridized carbons (Fsp3) is 0.174. The maximum absolute atomic E-state index is 14.0. The number of ether oxygens (including phenoxy) is 1. The van der Waals surface area contributed by atoms with Crippen LogP contribution in [0.4, 0.5) is 15.1 Å². The number of amides is 2. The average molecular weight is 440 g/mol. The molecule has 0 aliphatic heterocycles. The fourth-order valence-corrected chi connectivity index (χ4v) is 4.12. The van der Waals surface area contributed by atoms with Gasteiger partial charge < -0.3 is 15.4 Å². The Morgan fingerprint density at radius 1 is 0.968 bits per heavy atom. The summed E-state index contributed by atoms with van der Waals surface area (Å²) in [5.74, 6) is -2.55. The van der Waals surface area contributed by atoms with Crippen LogP contribution in [0.1, 0.15) is 47.1 Å². The number of aryl methyl sites for hydroxylation is 2. The molecule has 0 saturated carbocycles. The Morgan fingerprint density at radius 2 is 1.68 bits per heavy atom. The summed E-state index contributed by atoms with van der Waals surface area (Å²) in [5.41, 5.74) is 2.76. The lowest BCUT2D eigenvalue weighted by Gasteiger charge is -2.09. The summed E-state index contributed by atoms with van der Waals surface area (Å²) in [6.45, 7) is 5.38. The number of hydrogen-bond donors (Lipinski definition) is 2. The largest absolute Gasteiger partial charge is 0.465 e. The van der Waals surface area contributed by atoms with Gasteiger partial charge in [-0.25, -0.2) is 9.18 Å². The molecular weight excluding hydrogens is 419 g/mol. The monoisotopic (exact) mass is 440 g/mol. The standard InChI is InChI=1S/C23H21FN2O4S/c1-12-9-10-13(2)17(11-12)25-21(28)19-14(3)18(23(29)30-4)22(31-19)26-20(27)15-7-5-6-8-16(15)24/h5-11H,1-4H3,(H,25,28)(H,26,27). The number of carbonyl (C=O) groups is 3. The molecule has 0 unspecified atom stereocenters. The number of carbonyl (C=O) groups excluding carboxylic acids is 3. The Labute approximate surface area is 183 Å². The van der Waals surface area contributed by atoms with E-state index < -0.39 is 23.6 Å². The zero-order valence-electron chi connectivity index (χ0n) is 17.5. The molecule has 0 bridgehead atoms. The SMILES string of the molecule is COC(=O)c1c(NC(=O)c2ccccc2F)sc(C(=O)Nc2cc(C)ccc2C)c1C. The van der Waals surface area contributed by atoms with Gasteiger partial charge >= 0.3 is 5.97 Å². The Kier molecular flexibility index (Phi) is 6.50. The number of anilines is 2. The van der Waals surface area contributed by atoms with E-state index in [1.54, 1.807) is 6.92 Å². The molecule has 160 valence electrons. The smallest absolute Gasteiger partial charge is 0.341 e. The van der Waals surface area contributed by atoms with Crippen molar-refractivity contribution in [3.05, 3.63) is 81.0 Å². The van der Waals surface area contributed by atoms with Crippen molar-refractivity contribution in [1.82, 2.24) is 0 Å². The zero-order valence-corrected chi connectivity index (χ0v) is 18.3. The van der Waals surface area contributed by atoms with E-state index in [0.29, 0.717) is 11.3 Å². The van der Waals surface area contributed by atoms with E-state index >= 15 is 0 Å². The first-order chi connectivity index (χ1) is 14.7. The summed E-state index contributed by atoms with van der Waals surface area (Å²) in [4.78, 5) is 38.1. The van der Waals surface area contributed by atoms with Crippen LogP contribution in [-0.2, 0) is 4.74 Å². The number of nitrogens with one attached hydrogen (secondary N) is 2. The van der Waals surface area contributed by atoms with Gasteiger partial charge in [0.2, 0.25) is 0 Å². The van der Waals surface area contributed by atoms with Gasteiger partial charge in [-0.3, -0.25) is 9.59 Å². The van der Waals surface area contributed by atoms with Crippen LogP contribution in [0.5, 0.6) is 0 Å². The van der Waals surface area contributed by atoms with Crippen LogP contribution < -0.4 is 10.6 Å². The second kappa shape index (κ2) is 9.09. The van der Waals surface area contributed by atoms with Crippen molar-refractivity contribution in [2.24, 2.45) is 0 Å². The number of halogens is 1. The maximum Gasteiger partial charge on any atom is 0.341 e. The molecule has 3 aromatic rings. The lowest BCUT2D eigenvalue weighted by molar-refractivity contribution is 0.0601. The summed E-state index contributed by atoms with van der Waals surface area (Å²) in [5, 5.41) is 5.50. The van der Waals surface area contributed by atoms with E-state index in [-0.39, 0.29) is 21.0 Å². The second-order valence-electron chi connectivity index (χ2n) is 6.96. The van der Waals surface area contributed by atoms with Crippen LogP contribution >= 0.6 is 11.3 Å². The summed E-state index contributed by atoms with van der Waals surface area (Å²) in [7, 11) is 1.21. The van der Waals surface area contributed by atoms with Crippen molar-refractivity contribution in [2.75, 3.05) is 17.7 Å². The molecule has 6 nitrogen and oxygen atoms in total. The predicted molar refractivity (Wildman–Crippen MR) is 119 cm³/mol. The van der Waals surface area contributed by atoms with Gasteiger partial charge in [0, 0.05) is 5.69 Å². The average Bonchev–Trinajstić information content (AvgIpc) is 3.06. The first-order valence-electron chi connectivity index (χ1n) is 9.39. The molecule has 0 saturated heterocycles. The molecule has 0 fully saturated rings. The highest BCUT2D eigenvalue weighted by atomic mass is 32.1. The topological polar surface area (TPSA) is 84.5 Å². The molecule has 31 heavy (non-hydrogen) atoms. The number of hydrogen-bond acceptors (Lipinski definition) is 5. The summed E-state index contributed by atoms with van der Waals surface area (Å²) >= 11 is 0.929. The van der Waals surface area contributed by atoms with Crippen LogP contribution in [-0.4, -0.2) is 24.9 Å². The molecule has 0 aliphatic carbocycles. The number of benzene rings is 2. The second-order valence-corrected chi connectivity index (χ2v) is 7.98. The summed E-state index contributed by atoms with van der Waals surface area (Å²) < 4.78 is 18.8. The van der Waals surface area contributed by atoms with E-state index in [4.69, 9.17) is 4.74 Å². The Bertz CT molecular complexity index is 1190. The minimum absolute atomic E-state index is 0.0586. The molecule has 1 aromatic heterocycles. The van der Waals surface area contributed by atoms with Crippen molar-refractivity contribution >= 4 is 39.8 Å². The highest BCUT2D eigenvalue weighted by Gasteiger charge is 2.27. The molecule has 0 radical (unpaired) electrons. The lowest BCUT2D eigenvalue weighted by atomic mass is 10.1. The molecule has 3 rings (SSSR count). The van der Waals surface area contributed by atoms with Gasteiger partial charge in [-0.2, -0.15) is 0 Å². The highest BCUT2D eigenvalue weighted by molar-refractivity contribution is 7.19. The maximum atomic E-state index is 14.0. The van der Waals surface area contributed by atoms with Gasteiger partial charge in [0.05, 0.1) is 23.1 Å². The van der Waals surface area contributed by atoms with Crippen molar-refractivity contribution < 1.29 is 23.5 Å². The molecule has 2 amide bonds. The number of rotatable bonds is 5. The fourth-order valence-electron chi connectivity index (χ4n) is 3.03. The molecule has 1 heterocycles. The molecule has 8 heteroatoms. The quantitative estimate of drug-likeness (QED) is 0.541. The van der Waals surface area contributed by atoms with Crippen LogP contribution in [0, 0.1) is 26.6 Å². The Hall–Kier alpha value is -3.52. The normalized spacial score (nSPS) is 10.5. The third-order valence-electron chi connectivity index (χ3n) is 4.73. The lowest BCUT2D eigenvalue weighted by Crippen LogP contribution is -2.15. The van der Waals surface area contributed by atoms with Crippen molar-refractivity contribution in [3.8, 4) is 0 Å². The van der Waals surface area contributed by atoms with E-state index in [9.17, 15) is 18.8 Å². The molecule has 2 N–H and O–H groups in total. The zero-order chi connectivity index (χ0) is 22.7. The van der Waals surface area contributed by atoms with Gasteiger partial charge in [0.25, 0.3) is 11.8 Å². The third kappa shape index (κ3) is 4.64. The Balaban J connectivity index is 1.97. The van der Waals surface area contributed by atoms with Crippen molar-refractivity contribution in [2.45, 2.75) is 20.8 Å². The van der Waals surface area contributed by atoms with Gasteiger partial charge in [0.15, 0.2) is 0 Å². The number of thiophene rings is 1. The molecule has 2 aromatic carbocycles. The van der Waals surface area contributed by atoms with Crippen LogP contribution in [0.25, 0.3) is 0 Å². The molecule has 0 atom stereocenters.